The van der Waals surface area contributed by atoms with Crippen LogP contribution in [0.1, 0.15) is 0 Å². The summed E-state index contributed by atoms with van der Waals surface area (Å²) >= 11 is 0. The lowest BCUT2D eigenvalue weighted by Gasteiger charge is -2.35. The molecular weight excluding hydrogens is 174 g/mol. The maximum absolute atomic E-state index is 9.40. The molecule has 1 rings (SSSR count). The topological polar surface area (TPSA) is 82.0 Å². The normalized spacial score (nSPS) is 40.2. The quantitative estimate of drug-likeness (QED) is 0.394. The van der Waals surface area contributed by atoms with E-state index in [1.54, 1.807) is 6.08 Å². The molecule has 0 amide bonds. The summed E-state index contributed by atoms with van der Waals surface area (Å²) in [7, 11) is 0. The number of ether oxygens (including phenoxy) is 1. The molecule has 1 saturated heterocycles. The van der Waals surface area contributed by atoms with Gasteiger partial charge < -0.3 is 20.1 Å². The average molecular weight is 189 g/mol. The molecule has 4 N–H and O–H groups in total. The first-order chi connectivity index (χ1) is 6.16. The lowest BCUT2D eigenvalue weighted by molar-refractivity contribution is -0.194. The number of aliphatic hydroxyl groups excluding tert-OH is 3. The van der Waals surface area contributed by atoms with E-state index in [1.807, 2.05) is 0 Å². The van der Waals surface area contributed by atoms with Gasteiger partial charge in [-0.05, 0) is 0 Å². The monoisotopic (exact) mass is 189 g/mol. The maximum Gasteiger partial charge on any atom is 0.137 e. The van der Waals surface area contributed by atoms with Gasteiger partial charge in [0.2, 0.25) is 0 Å². The van der Waals surface area contributed by atoms with Crippen molar-refractivity contribution in [1.29, 1.82) is 0 Å². The molecule has 1 fully saturated rings. The molecule has 0 bridgehead atoms. The summed E-state index contributed by atoms with van der Waals surface area (Å²) in [4.78, 5) is 0. The third-order valence-corrected chi connectivity index (χ3v) is 1.96. The Hall–Kier alpha value is -0.460. The zero-order valence-corrected chi connectivity index (χ0v) is 7.26. The minimum absolute atomic E-state index is 0.0209. The summed E-state index contributed by atoms with van der Waals surface area (Å²) < 4.78 is 5.06. The van der Waals surface area contributed by atoms with Crippen LogP contribution in [0, 0.1) is 0 Å². The van der Waals surface area contributed by atoms with Crippen LogP contribution in [0.3, 0.4) is 0 Å². The smallest absolute Gasteiger partial charge is 0.137 e. The highest BCUT2D eigenvalue weighted by Crippen LogP contribution is 2.13. The molecule has 0 spiro atoms. The molecule has 4 atom stereocenters. The van der Waals surface area contributed by atoms with Gasteiger partial charge in [0.25, 0.3) is 0 Å². The summed E-state index contributed by atoms with van der Waals surface area (Å²) in [5.41, 5.74) is 0. The first-order valence-corrected chi connectivity index (χ1v) is 4.17. The minimum atomic E-state index is -1.16. The number of aliphatic hydroxyl groups is 3. The Bertz CT molecular complexity index is 176. The van der Waals surface area contributed by atoms with Crippen molar-refractivity contribution in [1.82, 2.24) is 5.32 Å². The summed E-state index contributed by atoms with van der Waals surface area (Å²) in [6.45, 7) is 3.99. The molecular formula is C8H15NO4. The van der Waals surface area contributed by atoms with Crippen molar-refractivity contribution in [3.63, 3.8) is 0 Å². The molecule has 5 heteroatoms. The van der Waals surface area contributed by atoms with Crippen molar-refractivity contribution in [2.45, 2.75) is 24.5 Å². The highest BCUT2D eigenvalue weighted by molar-refractivity contribution is 4.86. The fourth-order valence-electron chi connectivity index (χ4n) is 1.19. The van der Waals surface area contributed by atoms with Crippen LogP contribution in [0.4, 0.5) is 0 Å². The van der Waals surface area contributed by atoms with Gasteiger partial charge in [-0.3, -0.25) is 5.32 Å². The first-order valence-electron chi connectivity index (χ1n) is 4.17. The van der Waals surface area contributed by atoms with Gasteiger partial charge in [-0.2, -0.15) is 0 Å². The number of rotatable bonds is 3. The van der Waals surface area contributed by atoms with Crippen LogP contribution in [0.5, 0.6) is 0 Å². The zero-order valence-electron chi connectivity index (χ0n) is 7.26. The summed E-state index contributed by atoms with van der Waals surface area (Å²) in [6.07, 6.45) is -2.30. The molecule has 1 aliphatic heterocycles. The SMILES string of the molecule is C=CCNC1OC[C@@H](O)[C@H](O)[C@H]1O. The van der Waals surface area contributed by atoms with Crippen LogP contribution in [0.2, 0.25) is 0 Å². The van der Waals surface area contributed by atoms with Crippen molar-refractivity contribution in [3.05, 3.63) is 12.7 Å². The fourth-order valence-corrected chi connectivity index (χ4v) is 1.19. The van der Waals surface area contributed by atoms with Crippen LogP contribution in [-0.4, -0.2) is 53.0 Å². The molecule has 0 aromatic heterocycles. The van der Waals surface area contributed by atoms with E-state index in [0.717, 1.165) is 0 Å². The van der Waals surface area contributed by atoms with E-state index < -0.39 is 24.5 Å². The van der Waals surface area contributed by atoms with Crippen LogP contribution in [-0.2, 0) is 4.74 Å². The van der Waals surface area contributed by atoms with Crippen LogP contribution >= 0.6 is 0 Å². The van der Waals surface area contributed by atoms with Crippen LogP contribution in [0.25, 0.3) is 0 Å². The van der Waals surface area contributed by atoms with Gasteiger partial charge in [-0.1, -0.05) is 6.08 Å². The second-order valence-corrected chi connectivity index (χ2v) is 3.00. The number of hydrogen-bond acceptors (Lipinski definition) is 5. The summed E-state index contributed by atoms with van der Waals surface area (Å²) in [5.74, 6) is 0. The average Bonchev–Trinajstić information content (AvgIpc) is 2.13. The molecule has 0 aliphatic carbocycles. The third-order valence-electron chi connectivity index (χ3n) is 1.96. The lowest BCUT2D eigenvalue weighted by Crippen LogP contribution is -2.57. The zero-order chi connectivity index (χ0) is 9.84. The Labute approximate surface area is 76.6 Å². The Morgan fingerprint density at radius 2 is 2.08 bits per heavy atom. The number of nitrogens with one attached hydrogen (secondary N) is 1. The van der Waals surface area contributed by atoms with E-state index >= 15 is 0 Å². The molecule has 0 radical (unpaired) electrons. The van der Waals surface area contributed by atoms with Gasteiger partial charge >= 0.3 is 0 Å². The van der Waals surface area contributed by atoms with E-state index in [0.29, 0.717) is 6.54 Å². The van der Waals surface area contributed by atoms with Crippen molar-refractivity contribution in [2.24, 2.45) is 0 Å². The Morgan fingerprint density at radius 1 is 1.38 bits per heavy atom. The van der Waals surface area contributed by atoms with Gasteiger partial charge in [0.05, 0.1) is 6.61 Å². The molecule has 1 aliphatic rings. The highest BCUT2D eigenvalue weighted by atomic mass is 16.5. The minimum Gasteiger partial charge on any atom is -0.388 e. The predicted molar refractivity (Wildman–Crippen MR) is 46.0 cm³/mol. The van der Waals surface area contributed by atoms with Gasteiger partial charge in [0, 0.05) is 6.54 Å². The number of hydrogen-bond donors (Lipinski definition) is 4. The van der Waals surface area contributed by atoms with Gasteiger partial charge in [-0.15, -0.1) is 6.58 Å². The highest BCUT2D eigenvalue weighted by Gasteiger charge is 2.36. The molecule has 76 valence electrons. The predicted octanol–water partition coefficient (Wildman–Crippen LogP) is -1.80. The standard InChI is InChI=1S/C8H15NO4/c1-2-3-9-8-7(12)6(11)5(10)4-13-8/h2,5-12H,1,3-4H2/t5-,6+,7-,8?/m1/s1. The third kappa shape index (κ3) is 2.49. The molecule has 13 heavy (non-hydrogen) atoms. The second-order valence-electron chi connectivity index (χ2n) is 3.00. The van der Waals surface area contributed by atoms with Crippen molar-refractivity contribution in [3.8, 4) is 0 Å². The van der Waals surface area contributed by atoms with Gasteiger partial charge in [0.1, 0.15) is 24.5 Å². The Balaban J connectivity index is 2.43. The van der Waals surface area contributed by atoms with Crippen LogP contribution < -0.4 is 5.32 Å². The maximum atomic E-state index is 9.40. The van der Waals surface area contributed by atoms with E-state index in [4.69, 9.17) is 9.84 Å². The molecule has 0 aromatic rings. The van der Waals surface area contributed by atoms with Crippen LogP contribution in [0.15, 0.2) is 12.7 Å². The molecule has 1 heterocycles. The summed E-state index contributed by atoms with van der Waals surface area (Å²) in [5, 5.41) is 30.6. The Kier molecular flexibility index (Phi) is 3.83. The van der Waals surface area contributed by atoms with E-state index in [1.165, 1.54) is 0 Å². The molecule has 5 nitrogen and oxygen atoms in total. The van der Waals surface area contributed by atoms with E-state index in [9.17, 15) is 10.2 Å². The molecule has 1 unspecified atom stereocenters. The van der Waals surface area contributed by atoms with E-state index in [-0.39, 0.29) is 6.61 Å². The van der Waals surface area contributed by atoms with Crippen molar-refractivity contribution >= 4 is 0 Å². The summed E-state index contributed by atoms with van der Waals surface area (Å²) in [6, 6.07) is 0. The second kappa shape index (κ2) is 4.69. The largest absolute Gasteiger partial charge is 0.388 e. The first kappa shape index (κ1) is 10.6. The molecule has 0 aromatic carbocycles. The fraction of sp³-hybridized carbons (Fsp3) is 0.750. The molecule has 0 saturated carbocycles. The van der Waals surface area contributed by atoms with Crippen molar-refractivity contribution < 1.29 is 20.1 Å². The van der Waals surface area contributed by atoms with E-state index in [2.05, 4.69) is 11.9 Å². The lowest BCUT2D eigenvalue weighted by atomic mass is 10.0. The van der Waals surface area contributed by atoms with Gasteiger partial charge in [0.15, 0.2) is 0 Å². The van der Waals surface area contributed by atoms with Gasteiger partial charge in [-0.25, -0.2) is 0 Å². The Morgan fingerprint density at radius 3 is 2.69 bits per heavy atom. The van der Waals surface area contributed by atoms with Crippen molar-refractivity contribution in [2.75, 3.05) is 13.2 Å².